The Kier molecular flexibility index (Phi) is 9.07. The second kappa shape index (κ2) is 13.1. The quantitative estimate of drug-likeness (QED) is 0.254. The summed E-state index contributed by atoms with van der Waals surface area (Å²) in [6.07, 6.45) is -0.201. The van der Waals surface area contributed by atoms with Gasteiger partial charge in [0.2, 0.25) is 10.0 Å². The highest BCUT2D eigenvalue weighted by Gasteiger charge is 2.45. The Morgan fingerprint density at radius 3 is 2.38 bits per heavy atom. The molecule has 3 aliphatic heterocycles. The van der Waals surface area contributed by atoms with Crippen molar-refractivity contribution in [2.75, 3.05) is 63.5 Å². The second-order valence-electron chi connectivity index (χ2n) is 14.6. The number of hydrogen-bond acceptors (Lipinski definition) is 8. The molecule has 7 rings (SSSR count). The third-order valence-corrected chi connectivity index (χ3v) is 12.5. The first-order valence-electron chi connectivity index (χ1n) is 17.2. The Morgan fingerprint density at radius 1 is 1.00 bits per heavy atom. The fourth-order valence-electron chi connectivity index (χ4n) is 8.20. The van der Waals surface area contributed by atoms with Gasteiger partial charge < -0.3 is 9.47 Å². The highest BCUT2D eigenvalue weighted by Crippen LogP contribution is 2.44. The number of benzene rings is 2. The van der Waals surface area contributed by atoms with Gasteiger partial charge in [0.25, 0.3) is 0 Å². The van der Waals surface area contributed by atoms with Crippen molar-refractivity contribution in [3.8, 4) is 6.07 Å². The van der Waals surface area contributed by atoms with Crippen molar-refractivity contribution in [1.82, 2.24) is 28.9 Å². The molecular weight excluding hydrogens is 666 g/mol. The maximum absolute atomic E-state index is 13.1. The van der Waals surface area contributed by atoms with Crippen LogP contribution in [0.4, 0.5) is 18.9 Å². The molecule has 0 aliphatic carbocycles. The Balaban J connectivity index is 0.981. The van der Waals surface area contributed by atoms with Crippen molar-refractivity contribution in [3.63, 3.8) is 0 Å². The molecule has 0 amide bonds. The number of aryl methyl sites for hydroxylation is 1. The van der Waals surface area contributed by atoms with Gasteiger partial charge in [-0.15, -0.1) is 0 Å². The second-order valence-corrected chi connectivity index (χ2v) is 16.6. The highest BCUT2D eigenvalue weighted by atomic mass is 32.2. The highest BCUT2D eigenvalue weighted by molar-refractivity contribution is 7.88. The predicted octanol–water partition coefficient (Wildman–Crippen LogP) is 4.94. The van der Waals surface area contributed by atoms with Gasteiger partial charge in [0, 0.05) is 80.1 Å². The van der Waals surface area contributed by atoms with E-state index >= 15 is 0 Å². The molecule has 5 heterocycles. The number of halogens is 3. The SMILES string of the molecule is Cc1c(CN2CCC3(CC2)CN(c2cnnc4ccc(CC(F)(F)F)cc24)C3)ccc2c1cc(C#N)n2CC(C)N1CCN(S(C)(=O)=O)CC1. The summed E-state index contributed by atoms with van der Waals surface area (Å²) in [6.45, 7) is 11.7. The fourth-order valence-corrected chi connectivity index (χ4v) is 9.02. The van der Waals surface area contributed by atoms with Gasteiger partial charge >= 0.3 is 6.18 Å². The summed E-state index contributed by atoms with van der Waals surface area (Å²) in [5.74, 6) is 0. The Morgan fingerprint density at radius 2 is 1.72 bits per heavy atom. The number of rotatable bonds is 8. The van der Waals surface area contributed by atoms with Crippen LogP contribution in [0.2, 0.25) is 0 Å². The fraction of sp³-hybridized carbons (Fsp3) is 0.528. The van der Waals surface area contributed by atoms with Crippen molar-refractivity contribution >= 4 is 37.5 Å². The third-order valence-electron chi connectivity index (χ3n) is 11.2. The predicted molar refractivity (Wildman–Crippen MR) is 187 cm³/mol. The van der Waals surface area contributed by atoms with Crippen LogP contribution in [0.1, 0.15) is 42.1 Å². The average Bonchev–Trinajstić information content (AvgIpc) is 3.42. The van der Waals surface area contributed by atoms with Crippen LogP contribution in [0, 0.1) is 23.7 Å². The van der Waals surface area contributed by atoms with E-state index in [4.69, 9.17) is 0 Å². The van der Waals surface area contributed by atoms with Gasteiger partial charge in [-0.05, 0) is 80.7 Å². The van der Waals surface area contributed by atoms with E-state index in [0.717, 1.165) is 67.5 Å². The normalized spacial score (nSPS) is 20.0. The summed E-state index contributed by atoms with van der Waals surface area (Å²) in [5.41, 5.74) is 5.97. The third kappa shape index (κ3) is 6.93. The van der Waals surface area contributed by atoms with Gasteiger partial charge in [0.05, 0.1) is 30.1 Å². The number of alkyl halides is 3. The van der Waals surface area contributed by atoms with E-state index in [2.05, 4.69) is 61.5 Å². The first-order valence-corrected chi connectivity index (χ1v) is 19.1. The van der Waals surface area contributed by atoms with Crippen molar-refractivity contribution in [2.45, 2.75) is 58.4 Å². The maximum Gasteiger partial charge on any atom is 0.393 e. The van der Waals surface area contributed by atoms with Crippen LogP contribution in [0.3, 0.4) is 0 Å². The Bertz CT molecular complexity index is 2050. The van der Waals surface area contributed by atoms with Crippen LogP contribution in [0.15, 0.2) is 42.6 Å². The number of piperazine rings is 1. The number of aromatic nitrogens is 3. The zero-order chi connectivity index (χ0) is 35.4. The number of likely N-dealkylation sites (tertiary alicyclic amines) is 1. The molecule has 3 saturated heterocycles. The number of nitriles is 1. The van der Waals surface area contributed by atoms with Crippen molar-refractivity contribution in [1.29, 1.82) is 5.26 Å². The lowest BCUT2D eigenvalue weighted by atomic mass is 9.71. The smallest absolute Gasteiger partial charge is 0.368 e. The molecule has 2 aromatic heterocycles. The zero-order valence-corrected chi connectivity index (χ0v) is 29.6. The first-order chi connectivity index (χ1) is 23.7. The van der Waals surface area contributed by atoms with Gasteiger partial charge in [-0.3, -0.25) is 9.80 Å². The van der Waals surface area contributed by atoms with Crippen LogP contribution in [-0.4, -0.2) is 108 Å². The molecular formula is C36H43F3N8O2S. The Labute approximate surface area is 291 Å². The molecule has 3 aliphatic rings. The molecule has 0 bridgehead atoms. The van der Waals surface area contributed by atoms with E-state index in [-0.39, 0.29) is 17.0 Å². The lowest BCUT2D eigenvalue weighted by molar-refractivity contribution is -0.127. The zero-order valence-electron chi connectivity index (χ0n) is 28.7. The number of fused-ring (bicyclic) bond motifs is 2. The van der Waals surface area contributed by atoms with Crippen LogP contribution in [0.5, 0.6) is 0 Å². The molecule has 0 saturated carbocycles. The molecule has 1 atom stereocenters. The monoisotopic (exact) mass is 708 g/mol. The molecule has 50 heavy (non-hydrogen) atoms. The lowest BCUT2D eigenvalue weighted by Gasteiger charge is -2.55. The van der Waals surface area contributed by atoms with E-state index in [1.807, 2.05) is 6.07 Å². The minimum absolute atomic E-state index is 0.142. The lowest BCUT2D eigenvalue weighted by Crippen LogP contribution is -2.60. The van der Waals surface area contributed by atoms with E-state index in [1.54, 1.807) is 18.3 Å². The topological polar surface area (TPSA) is 102 Å². The van der Waals surface area contributed by atoms with Gasteiger partial charge in [0.15, 0.2) is 0 Å². The molecule has 0 N–H and O–H groups in total. The number of anilines is 1. The largest absolute Gasteiger partial charge is 0.393 e. The van der Waals surface area contributed by atoms with Crippen LogP contribution >= 0.6 is 0 Å². The van der Waals surface area contributed by atoms with E-state index in [9.17, 15) is 26.9 Å². The summed E-state index contributed by atoms with van der Waals surface area (Å²) in [5, 5.41) is 20.1. The molecule has 1 spiro atoms. The van der Waals surface area contributed by atoms with Gasteiger partial charge in [-0.25, -0.2) is 8.42 Å². The number of nitrogens with zero attached hydrogens (tertiary/aromatic N) is 8. The average molecular weight is 709 g/mol. The van der Waals surface area contributed by atoms with Crippen LogP contribution in [-0.2, 0) is 29.5 Å². The molecule has 266 valence electrons. The number of hydrogen-bond donors (Lipinski definition) is 0. The minimum Gasteiger partial charge on any atom is -0.368 e. The van der Waals surface area contributed by atoms with E-state index in [0.29, 0.717) is 43.9 Å². The minimum atomic E-state index is -4.27. The molecule has 1 unspecified atom stereocenters. The molecule has 3 fully saturated rings. The Hall–Kier alpha value is -3.77. The molecule has 14 heteroatoms. The number of sulfonamides is 1. The maximum atomic E-state index is 13.1. The summed E-state index contributed by atoms with van der Waals surface area (Å²) < 4.78 is 66.7. The van der Waals surface area contributed by atoms with E-state index < -0.39 is 22.6 Å². The summed E-state index contributed by atoms with van der Waals surface area (Å²) in [7, 11) is -3.19. The molecule has 10 nitrogen and oxygen atoms in total. The number of piperidine rings is 1. The van der Waals surface area contributed by atoms with Crippen molar-refractivity contribution in [2.24, 2.45) is 5.41 Å². The standard InChI is InChI=1S/C36H43F3N8O2S/c1-25(44-12-14-46(15-13-44)50(3,48)49)21-47-29(19-40)17-30-26(2)28(5-7-33(30)47)22-43-10-8-35(9-11-43)23-45(24-35)34-20-41-42-32-6-4-27(16-31(32)34)18-36(37,38)39/h4-7,16-17,20,25H,8-15,18,21-24H2,1-3H3. The summed E-state index contributed by atoms with van der Waals surface area (Å²) in [4.78, 5) is 7.02. The summed E-state index contributed by atoms with van der Waals surface area (Å²) in [6, 6.07) is 13.6. The van der Waals surface area contributed by atoms with Gasteiger partial charge in [-0.2, -0.15) is 32.9 Å². The van der Waals surface area contributed by atoms with Crippen molar-refractivity contribution < 1.29 is 21.6 Å². The molecule has 2 aromatic carbocycles. The van der Waals surface area contributed by atoms with Gasteiger partial charge in [-0.1, -0.05) is 12.1 Å². The van der Waals surface area contributed by atoms with E-state index in [1.165, 1.54) is 27.8 Å². The van der Waals surface area contributed by atoms with Crippen molar-refractivity contribution in [3.05, 3.63) is 65.0 Å². The molecule has 0 radical (unpaired) electrons. The molecule has 4 aromatic rings. The first kappa shape index (κ1) is 34.7. The van der Waals surface area contributed by atoms with Crippen LogP contribution < -0.4 is 4.90 Å². The summed E-state index contributed by atoms with van der Waals surface area (Å²) >= 11 is 0. The van der Waals surface area contributed by atoms with Gasteiger partial charge in [0.1, 0.15) is 11.8 Å². The van der Waals surface area contributed by atoms with Crippen LogP contribution in [0.25, 0.3) is 21.8 Å².